The highest BCUT2D eigenvalue weighted by Crippen LogP contribution is 2.09. The van der Waals surface area contributed by atoms with Gasteiger partial charge in [-0.15, -0.1) is 0 Å². The lowest BCUT2D eigenvalue weighted by Gasteiger charge is -2.17. The molecular weight excluding hydrogens is 304 g/mol. The van der Waals surface area contributed by atoms with E-state index < -0.39 is 24.1 Å². The number of ether oxygens (including phenoxy) is 3. The molecule has 0 aliphatic heterocycles. The van der Waals surface area contributed by atoms with Crippen LogP contribution in [0.25, 0.3) is 0 Å². The van der Waals surface area contributed by atoms with Crippen molar-refractivity contribution in [1.82, 2.24) is 0 Å². The summed E-state index contributed by atoms with van der Waals surface area (Å²) in [5, 5.41) is 17.8. The monoisotopic (exact) mass is 330 g/mol. The van der Waals surface area contributed by atoms with Crippen molar-refractivity contribution in [3.05, 3.63) is 24.3 Å². The number of carbonyl (C=O) groups excluding carboxylic acids is 1. The van der Waals surface area contributed by atoms with E-state index >= 15 is 0 Å². The van der Waals surface area contributed by atoms with E-state index in [2.05, 4.69) is 0 Å². The fourth-order valence-electron chi connectivity index (χ4n) is 1.74. The van der Waals surface area contributed by atoms with E-state index in [4.69, 9.17) is 19.3 Å². The Hall–Kier alpha value is -1.70. The molecule has 0 aliphatic rings. The molecule has 0 unspecified atom stereocenters. The highest BCUT2D eigenvalue weighted by Gasteiger charge is 2.11. The number of carboxylic acids is 1. The summed E-state index contributed by atoms with van der Waals surface area (Å²) in [5.41, 5.74) is 0. The number of esters is 1. The van der Waals surface area contributed by atoms with Crippen molar-refractivity contribution in [3.63, 3.8) is 0 Å². The van der Waals surface area contributed by atoms with Crippen LogP contribution in [-0.2, 0) is 23.8 Å². The normalized spacial score (nSPS) is 15.7. The van der Waals surface area contributed by atoms with Gasteiger partial charge in [0.1, 0.15) is 12.9 Å². The van der Waals surface area contributed by atoms with Crippen LogP contribution in [0.3, 0.4) is 0 Å². The summed E-state index contributed by atoms with van der Waals surface area (Å²) < 4.78 is 15.3. The number of carboxylic acid groups (broad SMARTS) is 1. The summed E-state index contributed by atoms with van der Waals surface area (Å²) in [7, 11) is 1.51. The molecule has 0 saturated heterocycles. The number of aliphatic hydroxyl groups excluding tert-OH is 1. The first-order valence-corrected chi connectivity index (χ1v) is 7.40. The van der Waals surface area contributed by atoms with Crippen LogP contribution < -0.4 is 0 Å². The maximum atomic E-state index is 11.6. The molecule has 0 fully saturated rings. The smallest absolute Gasteiger partial charge is 0.330 e. The van der Waals surface area contributed by atoms with Crippen molar-refractivity contribution in [2.75, 3.05) is 13.9 Å². The Kier molecular flexibility index (Phi) is 11.9. The maximum absolute atomic E-state index is 11.6. The highest BCUT2D eigenvalue weighted by molar-refractivity contribution is 5.82. The molecule has 0 bridgehead atoms. The van der Waals surface area contributed by atoms with Gasteiger partial charge in [0.05, 0.1) is 12.2 Å². The number of aliphatic hydroxyl groups is 1. The number of rotatable bonds is 12. The molecule has 7 nitrogen and oxygen atoms in total. The molecule has 0 amide bonds. The summed E-state index contributed by atoms with van der Waals surface area (Å²) in [6.07, 6.45) is 5.36. The second-order valence-corrected chi connectivity index (χ2v) is 5.14. The molecule has 0 radical (unpaired) electrons. The Morgan fingerprint density at radius 1 is 1.13 bits per heavy atom. The molecular formula is C16H26O7. The minimum atomic E-state index is -1.04. The molecule has 132 valence electrons. The number of methoxy groups -OCH3 is 1. The maximum Gasteiger partial charge on any atom is 0.330 e. The third-order valence-corrected chi connectivity index (χ3v) is 2.72. The standard InChI is InChI=1S/C16H26O7/c1-12(17)10-14(22-11-21-3)7-5-9-16(20)23-13(2)6-4-8-15(18)19/h4-5,8-9,12-14,17H,6-7,10-11H2,1-3H3,(H,18,19)/b8-4+,9-5+/t12-,13-,14+/m1/s1. The summed E-state index contributed by atoms with van der Waals surface area (Å²) in [4.78, 5) is 21.9. The minimum absolute atomic E-state index is 0.114. The van der Waals surface area contributed by atoms with Crippen LogP contribution >= 0.6 is 0 Å². The SMILES string of the molecule is COCO[C@@H](C/C=C/C(=O)O[C@H](C)C/C=C/C(=O)O)C[C@@H](C)O. The van der Waals surface area contributed by atoms with Gasteiger partial charge in [0, 0.05) is 25.7 Å². The van der Waals surface area contributed by atoms with Crippen LogP contribution in [-0.4, -0.2) is 54.4 Å². The van der Waals surface area contributed by atoms with E-state index in [9.17, 15) is 14.7 Å². The zero-order valence-corrected chi connectivity index (χ0v) is 13.8. The lowest BCUT2D eigenvalue weighted by Crippen LogP contribution is -2.19. The summed E-state index contributed by atoms with van der Waals surface area (Å²) in [6.45, 7) is 3.45. The molecule has 0 aromatic heterocycles. The lowest BCUT2D eigenvalue weighted by atomic mass is 10.1. The lowest BCUT2D eigenvalue weighted by molar-refractivity contribution is -0.142. The van der Waals surface area contributed by atoms with Crippen molar-refractivity contribution in [1.29, 1.82) is 0 Å². The molecule has 0 heterocycles. The first-order chi connectivity index (χ1) is 10.8. The predicted octanol–water partition coefficient (Wildman–Crippen LogP) is 1.66. The summed E-state index contributed by atoms with van der Waals surface area (Å²) in [6, 6.07) is 0. The van der Waals surface area contributed by atoms with Gasteiger partial charge in [0.15, 0.2) is 0 Å². The topological polar surface area (TPSA) is 102 Å². The summed E-state index contributed by atoms with van der Waals surface area (Å²) >= 11 is 0. The van der Waals surface area contributed by atoms with Gasteiger partial charge in [-0.3, -0.25) is 0 Å². The zero-order valence-electron chi connectivity index (χ0n) is 13.8. The fourth-order valence-corrected chi connectivity index (χ4v) is 1.74. The Labute approximate surface area is 136 Å². The molecule has 0 aliphatic carbocycles. The Morgan fingerprint density at radius 3 is 2.35 bits per heavy atom. The second kappa shape index (κ2) is 12.8. The first kappa shape index (κ1) is 21.3. The van der Waals surface area contributed by atoms with Crippen LogP contribution in [0.1, 0.15) is 33.1 Å². The summed E-state index contributed by atoms with van der Waals surface area (Å²) in [5.74, 6) is -1.55. The van der Waals surface area contributed by atoms with Gasteiger partial charge in [-0.1, -0.05) is 12.2 Å². The van der Waals surface area contributed by atoms with E-state index in [1.807, 2.05) is 0 Å². The van der Waals surface area contributed by atoms with Crippen LogP contribution in [0.15, 0.2) is 24.3 Å². The average Bonchev–Trinajstić information content (AvgIpc) is 2.43. The Morgan fingerprint density at radius 2 is 1.78 bits per heavy atom. The van der Waals surface area contributed by atoms with Crippen molar-refractivity contribution in [3.8, 4) is 0 Å². The van der Waals surface area contributed by atoms with Gasteiger partial charge in [-0.25, -0.2) is 9.59 Å². The van der Waals surface area contributed by atoms with E-state index in [1.54, 1.807) is 19.9 Å². The number of carbonyl (C=O) groups is 2. The van der Waals surface area contributed by atoms with Crippen LogP contribution in [0.2, 0.25) is 0 Å². The molecule has 0 saturated carbocycles. The van der Waals surface area contributed by atoms with E-state index in [1.165, 1.54) is 19.3 Å². The molecule has 0 aromatic carbocycles. The van der Waals surface area contributed by atoms with E-state index in [0.29, 0.717) is 19.3 Å². The van der Waals surface area contributed by atoms with Crippen LogP contribution in [0, 0.1) is 0 Å². The third-order valence-electron chi connectivity index (χ3n) is 2.72. The molecule has 0 aromatic rings. The van der Waals surface area contributed by atoms with Crippen LogP contribution in [0.4, 0.5) is 0 Å². The molecule has 3 atom stereocenters. The first-order valence-electron chi connectivity index (χ1n) is 7.40. The number of hydrogen-bond donors (Lipinski definition) is 2. The zero-order chi connectivity index (χ0) is 17.7. The van der Waals surface area contributed by atoms with Crippen LogP contribution in [0.5, 0.6) is 0 Å². The second-order valence-electron chi connectivity index (χ2n) is 5.14. The molecule has 0 spiro atoms. The van der Waals surface area contributed by atoms with Crippen molar-refractivity contribution in [2.24, 2.45) is 0 Å². The van der Waals surface area contributed by atoms with Gasteiger partial charge in [0.2, 0.25) is 0 Å². The van der Waals surface area contributed by atoms with Gasteiger partial charge < -0.3 is 24.4 Å². The average molecular weight is 330 g/mol. The molecule has 23 heavy (non-hydrogen) atoms. The Bertz CT molecular complexity index is 401. The van der Waals surface area contributed by atoms with Crippen molar-refractivity contribution < 1.29 is 34.0 Å². The fraction of sp³-hybridized carbons (Fsp3) is 0.625. The molecule has 7 heteroatoms. The van der Waals surface area contributed by atoms with Gasteiger partial charge in [-0.2, -0.15) is 0 Å². The number of hydrogen-bond acceptors (Lipinski definition) is 6. The molecule has 0 rings (SSSR count). The van der Waals surface area contributed by atoms with Crippen molar-refractivity contribution in [2.45, 2.75) is 51.4 Å². The van der Waals surface area contributed by atoms with Gasteiger partial charge in [0.25, 0.3) is 0 Å². The largest absolute Gasteiger partial charge is 0.478 e. The van der Waals surface area contributed by atoms with Crippen molar-refractivity contribution >= 4 is 11.9 Å². The van der Waals surface area contributed by atoms with E-state index in [0.717, 1.165) is 6.08 Å². The number of aliphatic carboxylic acids is 1. The Balaban J connectivity index is 4.19. The molecule has 2 N–H and O–H groups in total. The van der Waals surface area contributed by atoms with Gasteiger partial charge >= 0.3 is 11.9 Å². The quantitative estimate of drug-likeness (QED) is 0.319. The highest BCUT2D eigenvalue weighted by atomic mass is 16.7. The van der Waals surface area contributed by atoms with Gasteiger partial charge in [-0.05, 0) is 26.7 Å². The van der Waals surface area contributed by atoms with E-state index in [-0.39, 0.29) is 12.9 Å². The third kappa shape index (κ3) is 13.7. The predicted molar refractivity (Wildman–Crippen MR) is 83.8 cm³/mol. The minimum Gasteiger partial charge on any atom is -0.478 e.